The van der Waals surface area contributed by atoms with Crippen molar-refractivity contribution in [3.63, 3.8) is 0 Å². The molecule has 0 bridgehead atoms. The first-order chi connectivity index (χ1) is 8.61. The average Bonchev–Trinajstić information content (AvgIpc) is 2.35. The fourth-order valence-corrected chi connectivity index (χ4v) is 1.61. The fourth-order valence-electron chi connectivity index (χ4n) is 1.40. The van der Waals surface area contributed by atoms with Gasteiger partial charge in [0.15, 0.2) is 0 Å². The number of halogens is 1. The normalized spacial score (nSPS) is 14.8. The molecule has 2 unspecified atom stereocenters. The Hall–Kier alpha value is -1.04. The van der Waals surface area contributed by atoms with Crippen LogP contribution in [0.25, 0.3) is 0 Å². The second kappa shape index (κ2) is 11.1. The lowest BCUT2D eigenvalue weighted by Gasteiger charge is -2.12. The van der Waals surface area contributed by atoms with Crippen molar-refractivity contribution < 1.29 is 9.90 Å². The molecule has 1 N–H and O–H groups in total. The molecule has 0 spiro atoms. The standard InChI is InChI=1S/C15H21ClO2/c1-3-5-6-12-15(18)14(16)11-8-7-10-13(17)9-4-2/h1,5-8,14-15,18H,4,9-12H2,2H3/b6-5-,8-7-. The molecule has 0 rings (SSSR count). The molecule has 0 aromatic rings. The van der Waals surface area contributed by atoms with Crippen molar-refractivity contribution in [1.29, 1.82) is 0 Å². The number of rotatable bonds is 9. The topological polar surface area (TPSA) is 37.3 Å². The Morgan fingerprint density at radius 2 is 2.11 bits per heavy atom. The van der Waals surface area contributed by atoms with Crippen molar-refractivity contribution in [2.75, 3.05) is 0 Å². The smallest absolute Gasteiger partial charge is 0.136 e. The van der Waals surface area contributed by atoms with Gasteiger partial charge in [-0.25, -0.2) is 0 Å². The minimum absolute atomic E-state index is 0.234. The van der Waals surface area contributed by atoms with Gasteiger partial charge in [0.25, 0.3) is 0 Å². The van der Waals surface area contributed by atoms with E-state index >= 15 is 0 Å². The molecule has 0 aliphatic rings. The van der Waals surface area contributed by atoms with Crippen LogP contribution < -0.4 is 0 Å². The zero-order chi connectivity index (χ0) is 13.8. The summed E-state index contributed by atoms with van der Waals surface area (Å²) in [5.41, 5.74) is 0. The molecule has 0 amide bonds. The monoisotopic (exact) mass is 268 g/mol. The van der Waals surface area contributed by atoms with Crippen LogP contribution in [0.1, 0.15) is 39.0 Å². The average molecular weight is 269 g/mol. The van der Waals surface area contributed by atoms with Crippen molar-refractivity contribution in [2.24, 2.45) is 0 Å². The summed E-state index contributed by atoms with van der Waals surface area (Å²) in [5, 5.41) is 9.33. The van der Waals surface area contributed by atoms with Crippen LogP contribution in [-0.4, -0.2) is 22.4 Å². The van der Waals surface area contributed by atoms with Gasteiger partial charge in [-0.15, -0.1) is 18.0 Å². The van der Waals surface area contributed by atoms with E-state index in [1.165, 1.54) is 0 Å². The Kier molecular flexibility index (Phi) is 10.4. The number of hydrogen-bond acceptors (Lipinski definition) is 2. The van der Waals surface area contributed by atoms with Crippen molar-refractivity contribution in [1.82, 2.24) is 0 Å². The first-order valence-electron chi connectivity index (χ1n) is 6.21. The lowest BCUT2D eigenvalue weighted by Crippen LogP contribution is -2.19. The van der Waals surface area contributed by atoms with Gasteiger partial charge in [0.2, 0.25) is 0 Å². The van der Waals surface area contributed by atoms with E-state index in [0.29, 0.717) is 25.7 Å². The van der Waals surface area contributed by atoms with E-state index in [0.717, 1.165) is 6.42 Å². The van der Waals surface area contributed by atoms with Crippen molar-refractivity contribution in [2.45, 2.75) is 50.5 Å². The van der Waals surface area contributed by atoms with Gasteiger partial charge in [-0.2, -0.15) is 0 Å². The van der Waals surface area contributed by atoms with Gasteiger partial charge in [0.05, 0.1) is 11.5 Å². The van der Waals surface area contributed by atoms with Crippen molar-refractivity contribution in [3.8, 4) is 12.3 Å². The summed E-state index contributed by atoms with van der Waals surface area (Å²) in [6, 6.07) is 0. The molecule has 0 heterocycles. The largest absolute Gasteiger partial charge is 0.391 e. The molecule has 0 aromatic carbocycles. The highest BCUT2D eigenvalue weighted by Crippen LogP contribution is 2.12. The summed E-state index contributed by atoms with van der Waals surface area (Å²) in [6.07, 6.45) is 14.3. The van der Waals surface area contributed by atoms with Gasteiger partial charge in [-0.05, 0) is 25.3 Å². The number of Topliss-reactive ketones (excluding diaryl/α,β-unsaturated/α-hetero) is 1. The molecule has 0 aliphatic heterocycles. The molecule has 0 aromatic heterocycles. The maximum atomic E-state index is 11.2. The van der Waals surface area contributed by atoms with Gasteiger partial charge in [-0.1, -0.05) is 31.1 Å². The Labute approximate surface area is 115 Å². The lowest BCUT2D eigenvalue weighted by molar-refractivity contribution is -0.118. The molecule has 2 nitrogen and oxygen atoms in total. The second-order valence-corrected chi connectivity index (χ2v) is 4.65. The molecule has 0 saturated heterocycles. The lowest BCUT2D eigenvalue weighted by atomic mass is 10.1. The Balaban J connectivity index is 3.84. The van der Waals surface area contributed by atoms with Crippen LogP contribution in [0.4, 0.5) is 0 Å². The highest BCUT2D eigenvalue weighted by molar-refractivity contribution is 6.21. The highest BCUT2D eigenvalue weighted by atomic mass is 35.5. The molecule has 0 fully saturated rings. The summed E-state index contributed by atoms with van der Waals surface area (Å²) < 4.78 is 0. The van der Waals surface area contributed by atoms with Gasteiger partial charge in [-0.3, -0.25) is 4.79 Å². The first kappa shape index (κ1) is 17.0. The number of aliphatic hydroxyl groups is 1. The molecule has 3 heteroatoms. The van der Waals surface area contributed by atoms with Crippen molar-refractivity contribution >= 4 is 17.4 Å². The van der Waals surface area contributed by atoms with Crippen LogP contribution in [0.2, 0.25) is 0 Å². The van der Waals surface area contributed by atoms with Crippen molar-refractivity contribution in [3.05, 3.63) is 24.3 Å². The summed E-state index contributed by atoms with van der Waals surface area (Å²) >= 11 is 6.01. The van der Waals surface area contributed by atoms with E-state index < -0.39 is 6.10 Å². The number of alkyl halides is 1. The van der Waals surface area contributed by atoms with Crippen LogP contribution in [0.5, 0.6) is 0 Å². The van der Waals surface area contributed by atoms with E-state index in [2.05, 4.69) is 5.92 Å². The van der Waals surface area contributed by atoms with Gasteiger partial charge < -0.3 is 5.11 Å². The van der Waals surface area contributed by atoms with Crippen LogP contribution >= 0.6 is 11.6 Å². The summed E-state index contributed by atoms with van der Waals surface area (Å²) in [6.45, 7) is 1.98. The number of hydrogen-bond donors (Lipinski definition) is 1. The number of carbonyl (C=O) groups is 1. The predicted octanol–water partition coefficient (Wildman–Crippen LogP) is 3.24. The summed E-state index contributed by atoms with van der Waals surface area (Å²) in [4.78, 5) is 11.2. The zero-order valence-corrected chi connectivity index (χ0v) is 11.6. The quantitative estimate of drug-likeness (QED) is 0.396. The van der Waals surface area contributed by atoms with Gasteiger partial charge in [0.1, 0.15) is 5.78 Å². The predicted molar refractivity (Wildman–Crippen MR) is 76.5 cm³/mol. The van der Waals surface area contributed by atoms with E-state index in [9.17, 15) is 9.90 Å². The maximum Gasteiger partial charge on any atom is 0.136 e. The zero-order valence-electron chi connectivity index (χ0n) is 10.8. The Morgan fingerprint density at radius 1 is 1.39 bits per heavy atom. The Bertz CT molecular complexity index is 326. The molecule has 18 heavy (non-hydrogen) atoms. The summed E-state index contributed by atoms with van der Waals surface area (Å²) in [5.74, 6) is 2.59. The SMILES string of the molecule is C#C/C=C\CC(O)C(Cl)C/C=C\CC(=O)CCC. The van der Waals surface area contributed by atoms with E-state index in [1.54, 1.807) is 12.2 Å². The third-order valence-corrected chi connectivity index (χ3v) is 2.88. The van der Waals surface area contributed by atoms with E-state index in [4.69, 9.17) is 18.0 Å². The minimum Gasteiger partial charge on any atom is -0.391 e. The van der Waals surface area contributed by atoms with E-state index in [-0.39, 0.29) is 11.2 Å². The molecule has 0 radical (unpaired) electrons. The molecule has 2 atom stereocenters. The third kappa shape index (κ3) is 9.04. The maximum absolute atomic E-state index is 11.2. The summed E-state index contributed by atoms with van der Waals surface area (Å²) in [7, 11) is 0. The third-order valence-electron chi connectivity index (χ3n) is 2.41. The Morgan fingerprint density at radius 3 is 2.72 bits per heavy atom. The number of ketones is 1. The van der Waals surface area contributed by atoms with Gasteiger partial charge in [0, 0.05) is 12.8 Å². The molecule has 0 saturated carbocycles. The number of carbonyl (C=O) groups excluding carboxylic acids is 1. The highest BCUT2D eigenvalue weighted by Gasteiger charge is 2.13. The molecule has 0 aliphatic carbocycles. The van der Waals surface area contributed by atoms with Gasteiger partial charge >= 0.3 is 0 Å². The van der Waals surface area contributed by atoms with Crippen LogP contribution in [-0.2, 0) is 4.79 Å². The van der Waals surface area contributed by atoms with Crippen LogP contribution in [0.3, 0.4) is 0 Å². The fraction of sp³-hybridized carbons (Fsp3) is 0.533. The number of allylic oxidation sites excluding steroid dienone is 3. The van der Waals surface area contributed by atoms with Crippen LogP contribution in [0.15, 0.2) is 24.3 Å². The first-order valence-corrected chi connectivity index (χ1v) is 6.65. The van der Waals surface area contributed by atoms with Crippen LogP contribution in [0, 0.1) is 12.3 Å². The molecule has 100 valence electrons. The second-order valence-electron chi connectivity index (χ2n) is 4.09. The molecular formula is C15H21ClO2. The number of aliphatic hydroxyl groups excluding tert-OH is 1. The van der Waals surface area contributed by atoms with E-state index in [1.807, 2.05) is 19.1 Å². The molecular weight excluding hydrogens is 248 g/mol. The minimum atomic E-state index is -0.618. The number of terminal acetylenes is 1.